The van der Waals surface area contributed by atoms with E-state index in [4.69, 9.17) is 4.52 Å². The zero-order valence-electron chi connectivity index (χ0n) is 17.6. The molecule has 0 fully saturated rings. The minimum Gasteiger partial charge on any atom is -0.465 e. The van der Waals surface area contributed by atoms with E-state index in [1.807, 2.05) is 30.3 Å². The van der Waals surface area contributed by atoms with E-state index in [1.54, 1.807) is 38.1 Å². The first kappa shape index (κ1) is 21.0. The summed E-state index contributed by atoms with van der Waals surface area (Å²) in [6, 6.07) is 17.7. The molecule has 2 aromatic carbocycles. The molecule has 9 nitrogen and oxygen atoms in total. The Balaban J connectivity index is 1.60. The number of nitrogens with zero attached hydrogens (tertiary/aromatic N) is 5. The molecular formula is C23H21N5O4. The molecule has 0 saturated heterocycles. The second-order valence-electron chi connectivity index (χ2n) is 7.13. The van der Waals surface area contributed by atoms with Crippen LogP contribution in [0.2, 0.25) is 0 Å². The second-order valence-corrected chi connectivity index (χ2v) is 7.13. The van der Waals surface area contributed by atoms with Crippen molar-refractivity contribution >= 4 is 11.8 Å². The lowest BCUT2D eigenvalue weighted by Crippen LogP contribution is -2.29. The Bertz CT molecular complexity index is 1310. The molecule has 4 aromatic rings. The van der Waals surface area contributed by atoms with Crippen LogP contribution in [0.15, 0.2) is 70.0 Å². The number of aromatic nitrogens is 4. The van der Waals surface area contributed by atoms with Gasteiger partial charge in [0.15, 0.2) is 0 Å². The Hall–Kier alpha value is -4.27. The third-order valence-electron chi connectivity index (χ3n) is 4.93. The van der Waals surface area contributed by atoms with E-state index in [2.05, 4.69) is 15.2 Å². The molecule has 0 radical (unpaired) electrons. The predicted octanol–water partition coefficient (Wildman–Crippen LogP) is 3.82. The molecular weight excluding hydrogens is 410 g/mol. The van der Waals surface area contributed by atoms with Crippen molar-refractivity contribution in [3.05, 3.63) is 82.5 Å². The van der Waals surface area contributed by atoms with Gasteiger partial charge in [-0.1, -0.05) is 41.6 Å². The summed E-state index contributed by atoms with van der Waals surface area (Å²) in [5.74, 6) is 1.00. The van der Waals surface area contributed by atoms with Crippen LogP contribution in [0.25, 0.3) is 22.6 Å². The molecule has 9 heteroatoms. The first-order valence-electron chi connectivity index (χ1n) is 10.0. The monoisotopic (exact) mass is 431 g/mol. The summed E-state index contributed by atoms with van der Waals surface area (Å²) in [5, 5.41) is 17.8. The van der Waals surface area contributed by atoms with Crippen LogP contribution >= 0.6 is 0 Å². The lowest BCUT2D eigenvalue weighted by Gasteiger charge is -2.18. The standard InChI is InChI=1S/C23H21N5O4/c1-3-27(23(30)31)19-6-4-5-16(13-19)14-28-21(29)12-11-20(25-28)17-7-9-18(10-8-17)22-24-15(2)32-26-22/h4-13H,3,14H2,1-2H3,(H,30,31). The highest BCUT2D eigenvalue weighted by Crippen LogP contribution is 2.22. The fourth-order valence-electron chi connectivity index (χ4n) is 3.35. The predicted molar refractivity (Wildman–Crippen MR) is 119 cm³/mol. The van der Waals surface area contributed by atoms with Crippen LogP contribution < -0.4 is 10.5 Å². The van der Waals surface area contributed by atoms with Crippen molar-refractivity contribution in [2.45, 2.75) is 20.4 Å². The minimum atomic E-state index is -1.03. The molecule has 162 valence electrons. The largest absolute Gasteiger partial charge is 0.465 e. The van der Waals surface area contributed by atoms with Crippen molar-refractivity contribution in [2.75, 3.05) is 11.4 Å². The number of carbonyl (C=O) groups is 1. The first-order chi connectivity index (χ1) is 15.4. The van der Waals surface area contributed by atoms with Gasteiger partial charge in [0.05, 0.1) is 12.2 Å². The molecule has 0 saturated carbocycles. The highest BCUT2D eigenvalue weighted by atomic mass is 16.5. The van der Waals surface area contributed by atoms with E-state index in [-0.39, 0.29) is 12.1 Å². The topological polar surface area (TPSA) is 114 Å². The average Bonchev–Trinajstić information content (AvgIpc) is 3.22. The normalized spacial score (nSPS) is 10.8. The van der Waals surface area contributed by atoms with Crippen LogP contribution in [0.3, 0.4) is 0 Å². The SMILES string of the molecule is CCN(C(=O)O)c1cccc(Cn2nc(-c3ccc(-c4noc(C)n4)cc3)ccc2=O)c1. The van der Waals surface area contributed by atoms with Gasteiger partial charge < -0.3 is 9.63 Å². The number of rotatable bonds is 6. The summed E-state index contributed by atoms with van der Waals surface area (Å²) in [6.07, 6.45) is -1.03. The van der Waals surface area contributed by atoms with Gasteiger partial charge in [0.1, 0.15) is 0 Å². The highest BCUT2D eigenvalue weighted by molar-refractivity contribution is 5.86. The zero-order chi connectivity index (χ0) is 22.7. The molecule has 0 aliphatic carbocycles. The second kappa shape index (κ2) is 8.84. The molecule has 0 bridgehead atoms. The van der Waals surface area contributed by atoms with Crippen molar-refractivity contribution in [3.8, 4) is 22.6 Å². The van der Waals surface area contributed by atoms with Crippen molar-refractivity contribution in [2.24, 2.45) is 0 Å². The Morgan fingerprint density at radius 2 is 1.84 bits per heavy atom. The fraction of sp³-hybridized carbons (Fsp3) is 0.174. The van der Waals surface area contributed by atoms with Gasteiger partial charge in [0.2, 0.25) is 11.7 Å². The van der Waals surface area contributed by atoms with E-state index in [9.17, 15) is 14.7 Å². The highest BCUT2D eigenvalue weighted by Gasteiger charge is 2.13. The summed E-state index contributed by atoms with van der Waals surface area (Å²) >= 11 is 0. The zero-order valence-corrected chi connectivity index (χ0v) is 17.6. The van der Waals surface area contributed by atoms with Gasteiger partial charge >= 0.3 is 6.09 Å². The summed E-state index contributed by atoms with van der Waals surface area (Å²) < 4.78 is 6.38. The maximum Gasteiger partial charge on any atom is 0.411 e. The van der Waals surface area contributed by atoms with E-state index >= 15 is 0 Å². The molecule has 2 heterocycles. The molecule has 0 aliphatic rings. The molecule has 0 atom stereocenters. The van der Waals surface area contributed by atoms with Gasteiger partial charge in [0.25, 0.3) is 5.56 Å². The number of anilines is 1. The molecule has 4 rings (SSSR count). The molecule has 0 spiro atoms. The summed E-state index contributed by atoms with van der Waals surface area (Å²) in [5.41, 5.74) is 3.36. The number of amides is 1. The van der Waals surface area contributed by atoms with Crippen LogP contribution in [0.4, 0.5) is 10.5 Å². The average molecular weight is 431 g/mol. The number of carboxylic acid groups (broad SMARTS) is 1. The quantitative estimate of drug-likeness (QED) is 0.493. The molecule has 1 amide bonds. The fourth-order valence-corrected chi connectivity index (χ4v) is 3.35. The number of benzene rings is 2. The Morgan fingerprint density at radius 1 is 1.09 bits per heavy atom. The Labute approximate surface area is 183 Å². The summed E-state index contributed by atoms with van der Waals surface area (Å²) in [7, 11) is 0. The lowest BCUT2D eigenvalue weighted by molar-refractivity contribution is 0.202. The van der Waals surface area contributed by atoms with Gasteiger partial charge in [-0.05, 0) is 30.7 Å². The van der Waals surface area contributed by atoms with Crippen LogP contribution in [-0.4, -0.2) is 37.7 Å². The Kier molecular flexibility index (Phi) is 5.80. The van der Waals surface area contributed by atoms with Crippen molar-refractivity contribution in [1.82, 2.24) is 19.9 Å². The summed E-state index contributed by atoms with van der Waals surface area (Å²) in [6.45, 7) is 4.04. The van der Waals surface area contributed by atoms with E-state index in [0.717, 1.165) is 16.7 Å². The minimum absolute atomic E-state index is 0.220. The smallest absolute Gasteiger partial charge is 0.411 e. The van der Waals surface area contributed by atoms with Crippen LogP contribution in [0.1, 0.15) is 18.4 Å². The lowest BCUT2D eigenvalue weighted by atomic mass is 10.1. The van der Waals surface area contributed by atoms with Gasteiger partial charge in [-0.15, -0.1) is 0 Å². The van der Waals surface area contributed by atoms with E-state index in [0.29, 0.717) is 29.6 Å². The summed E-state index contributed by atoms with van der Waals surface area (Å²) in [4.78, 5) is 29.3. The number of hydrogen-bond donors (Lipinski definition) is 1. The van der Waals surface area contributed by atoms with Crippen molar-refractivity contribution in [1.29, 1.82) is 0 Å². The first-order valence-corrected chi connectivity index (χ1v) is 10.0. The molecule has 1 N–H and O–H groups in total. The molecule has 32 heavy (non-hydrogen) atoms. The molecule has 0 unspecified atom stereocenters. The van der Waals surface area contributed by atoms with Crippen molar-refractivity contribution in [3.63, 3.8) is 0 Å². The number of hydrogen-bond acceptors (Lipinski definition) is 6. The third kappa shape index (κ3) is 4.41. The number of aryl methyl sites for hydroxylation is 1. The Morgan fingerprint density at radius 3 is 2.50 bits per heavy atom. The van der Waals surface area contributed by atoms with Crippen LogP contribution in [0.5, 0.6) is 0 Å². The van der Waals surface area contributed by atoms with Gasteiger partial charge in [-0.3, -0.25) is 9.69 Å². The van der Waals surface area contributed by atoms with Crippen LogP contribution in [-0.2, 0) is 6.54 Å². The third-order valence-corrected chi connectivity index (χ3v) is 4.93. The van der Waals surface area contributed by atoms with Crippen LogP contribution in [0, 0.1) is 6.92 Å². The van der Waals surface area contributed by atoms with E-state index < -0.39 is 6.09 Å². The van der Waals surface area contributed by atoms with Gasteiger partial charge in [-0.2, -0.15) is 10.1 Å². The maximum absolute atomic E-state index is 12.4. The van der Waals surface area contributed by atoms with Gasteiger partial charge in [-0.25, -0.2) is 9.48 Å². The van der Waals surface area contributed by atoms with E-state index in [1.165, 1.54) is 15.6 Å². The molecule has 0 aliphatic heterocycles. The maximum atomic E-state index is 12.4. The van der Waals surface area contributed by atoms with Crippen molar-refractivity contribution < 1.29 is 14.4 Å². The van der Waals surface area contributed by atoms with Gasteiger partial charge in [0, 0.05) is 36.3 Å². The molecule has 2 aromatic heterocycles.